The average Bonchev–Trinajstić information content (AvgIpc) is 2.81. The maximum atomic E-state index is 11.0. The van der Waals surface area contributed by atoms with Gasteiger partial charge in [-0.1, -0.05) is 0 Å². The van der Waals surface area contributed by atoms with E-state index in [9.17, 15) is 14.9 Å². The molecule has 104 valence electrons. The van der Waals surface area contributed by atoms with Gasteiger partial charge in [-0.15, -0.1) is 11.3 Å². The summed E-state index contributed by atoms with van der Waals surface area (Å²) in [6, 6.07) is 2.86. The van der Waals surface area contributed by atoms with E-state index in [1.165, 1.54) is 11.3 Å². The number of pyridine rings is 1. The highest BCUT2D eigenvalue weighted by molar-refractivity contribution is 9.10. The first-order chi connectivity index (χ1) is 9.49. The summed E-state index contributed by atoms with van der Waals surface area (Å²) in [4.78, 5) is 25.8. The van der Waals surface area contributed by atoms with E-state index in [0.717, 1.165) is 21.6 Å². The molecule has 2 heterocycles. The molecule has 0 aliphatic carbocycles. The largest absolute Gasteiger partial charge is 0.478 e. The molecule has 2 aromatic rings. The highest BCUT2D eigenvalue weighted by Gasteiger charge is 2.19. The van der Waals surface area contributed by atoms with Gasteiger partial charge in [0.05, 0.1) is 17.0 Å². The quantitative estimate of drug-likeness (QED) is 0.628. The van der Waals surface area contributed by atoms with E-state index in [1.54, 1.807) is 0 Å². The molecule has 2 N–H and O–H groups in total. The number of hydrogen-bond donors (Lipinski definition) is 2. The van der Waals surface area contributed by atoms with Gasteiger partial charge in [0, 0.05) is 21.6 Å². The van der Waals surface area contributed by atoms with Gasteiger partial charge in [-0.05, 0) is 27.4 Å². The minimum absolute atomic E-state index is 0.0419. The van der Waals surface area contributed by atoms with Crippen molar-refractivity contribution in [2.75, 3.05) is 5.32 Å². The molecule has 0 bridgehead atoms. The first kappa shape index (κ1) is 14.4. The minimum Gasteiger partial charge on any atom is -0.478 e. The predicted octanol–water partition coefficient (Wildman–Crippen LogP) is 3.12. The molecule has 0 atom stereocenters. The smallest absolute Gasteiger partial charge is 0.337 e. The van der Waals surface area contributed by atoms with Crippen molar-refractivity contribution in [3.05, 3.63) is 48.7 Å². The zero-order chi connectivity index (χ0) is 14.7. The summed E-state index contributed by atoms with van der Waals surface area (Å²) in [7, 11) is 0. The molecule has 0 amide bonds. The summed E-state index contributed by atoms with van der Waals surface area (Å²) in [5.41, 5.74) is -0.586. The van der Waals surface area contributed by atoms with Crippen LogP contribution in [0.5, 0.6) is 0 Å². The lowest BCUT2D eigenvalue weighted by atomic mass is 10.2. The van der Waals surface area contributed by atoms with Crippen molar-refractivity contribution in [2.45, 2.75) is 6.54 Å². The van der Waals surface area contributed by atoms with Crippen LogP contribution in [-0.2, 0) is 6.54 Å². The van der Waals surface area contributed by atoms with E-state index in [-0.39, 0.29) is 17.1 Å². The Balaban J connectivity index is 2.25. The van der Waals surface area contributed by atoms with E-state index < -0.39 is 10.9 Å². The minimum atomic E-state index is -1.26. The molecule has 0 aromatic carbocycles. The fraction of sp³-hybridized carbons (Fsp3) is 0.0909. The Morgan fingerprint density at radius 1 is 1.60 bits per heavy atom. The van der Waals surface area contributed by atoms with Crippen molar-refractivity contribution >= 4 is 44.7 Å². The topological polar surface area (TPSA) is 105 Å². The van der Waals surface area contributed by atoms with Gasteiger partial charge in [0.2, 0.25) is 5.82 Å². The molecule has 2 aromatic heterocycles. The molecular weight excluding hydrogens is 350 g/mol. The molecule has 7 nitrogen and oxygen atoms in total. The lowest BCUT2D eigenvalue weighted by Crippen LogP contribution is -2.06. The monoisotopic (exact) mass is 357 g/mol. The van der Waals surface area contributed by atoms with Crippen molar-refractivity contribution in [3.63, 3.8) is 0 Å². The van der Waals surface area contributed by atoms with Crippen LogP contribution in [0.2, 0.25) is 0 Å². The second-order valence-electron chi connectivity index (χ2n) is 3.70. The number of carboxylic acids is 1. The van der Waals surface area contributed by atoms with Gasteiger partial charge >= 0.3 is 11.7 Å². The second kappa shape index (κ2) is 5.97. The van der Waals surface area contributed by atoms with Gasteiger partial charge in [0.15, 0.2) is 0 Å². The van der Waals surface area contributed by atoms with Crippen LogP contribution in [0.1, 0.15) is 15.2 Å². The van der Waals surface area contributed by atoms with E-state index in [2.05, 4.69) is 26.2 Å². The van der Waals surface area contributed by atoms with E-state index in [4.69, 9.17) is 5.11 Å². The average molecular weight is 358 g/mol. The Morgan fingerprint density at radius 3 is 2.90 bits per heavy atom. The number of carboxylic acid groups (broad SMARTS) is 1. The molecule has 0 aliphatic heterocycles. The fourth-order valence-electron chi connectivity index (χ4n) is 1.46. The molecule has 2 rings (SSSR count). The van der Waals surface area contributed by atoms with Gasteiger partial charge in [-0.25, -0.2) is 9.78 Å². The van der Waals surface area contributed by atoms with Crippen LogP contribution in [0, 0.1) is 10.1 Å². The Kier molecular flexibility index (Phi) is 4.30. The Bertz CT molecular complexity index is 673. The normalized spacial score (nSPS) is 10.2. The van der Waals surface area contributed by atoms with E-state index in [0.29, 0.717) is 6.54 Å². The first-order valence-electron chi connectivity index (χ1n) is 5.32. The highest BCUT2D eigenvalue weighted by Crippen LogP contribution is 2.26. The third kappa shape index (κ3) is 3.11. The zero-order valence-electron chi connectivity index (χ0n) is 9.87. The van der Waals surface area contributed by atoms with Crippen molar-refractivity contribution < 1.29 is 14.8 Å². The molecule has 0 fully saturated rings. The number of rotatable bonds is 5. The SMILES string of the molecule is O=C(O)c1cnc(NCc2sccc2Br)c([N+](=O)[O-])c1. The molecule has 0 spiro atoms. The second-order valence-corrected chi connectivity index (χ2v) is 5.55. The van der Waals surface area contributed by atoms with Crippen molar-refractivity contribution in [2.24, 2.45) is 0 Å². The Morgan fingerprint density at radius 2 is 2.35 bits per heavy atom. The number of carbonyl (C=O) groups is 1. The van der Waals surface area contributed by atoms with Gasteiger partial charge in [-0.3, -0.25) is 10.1 Å². The first-order valence-corrected chi connectivity index (χ1v) is 6.99. The lowest BCUT2D eigenvalue weighted by molar-refractivity contribution is -0.384. The van der Waals surface area contributed by atoms with Crippen LogP contribution in [0.4, 0.5) is 11.5 Å². The summed E-state index contributed by atoms with van der Waals surface area (Å²) in [5, 5.41) is 24.5. The maximum Gasteiger partial charge on any atom is 0.337 e. The number of aromatic nitrogens is 1. The van der Waals surface area contributed by atoms with Crippen LogP contribution in [0.25, 0.3) is 0 Å². The number of nitro groups is 1. The summed E-state index contributed by atoms with van der Waals surface area (Å²) in [5.74, 6) is -1.21. The van der Waals surface area contributed by atoms with Crippen LogP contribution < -0.4 is 5.32 Å². The molecule has 0 unspecified atom stereocenters. The molecule has 20 heavy (non-hydrogen) atoms. The number of anilines is 1. The van der Waals surface area contributed by atoms with Crippen molar-refractivity contribution in [1.82, 2.24) is 4.98 Å². The predicted molar refractivity (Wildman–Crippen MR) is 77.2 cm³/mol. The van der Waals surface area contributed by atoms with Gasteiger partial charge in [0.1, 0.15) is 0 Å². The van der Waals surface area contributed by atoms with Gasteiger partial charge < -0.3 is 10.4 Å². The molecule has 9 heteroatoms. The summed E-state index contributed by atoms with van der Waals surface area (Å²) >= 11 is 4.85. The third-order valence-electron chi connectivity index (χ3n) is 2.42. The number of thiophene rings is 1. The van der Waals surface area contributed by atoms with Gasteiger partial charge in [0.25, 0.3) is 0 Å². The van der Waals surface area contributed by atoms with Crippen LogP contribution >= 0.6 is 27.3 Å². The maximum absolute atomic E-state index is 11.0. The highest BCUT2D eigenvalue weighted by atomic mass is 79.9. The zero-order valence-corrected chi connectivity index (χ0v) is 12.3. The Hall–Kier alpha value is -2.00. The van der Waals surface area contributed by atoms with Crippen LogP contribution in [-0.4, -0.2) is 21.0 Å². The molecule has 0 aliphatic rings. The van der Waals surface area contributed by atoms with Gasteiger partial charge in [-0.2, -0.15) is 0 Å². The van der Waals surface area contributed by atoms with Crippen LogP contribution in [0.15, 0.2) is 28.2 Å². The van der Waals surface area contributed by atoms with Crippen molar-refractivity contribution in [1.29, 1.82) is 0 Å². The standard InChI is InChI=1S/C11H8BrN3O4S/c12-7-1-2-20-9(7)5-14-10-8(15(18)19)3-6(4-13-10)11(16)17/h1-4H,5H2,(H,13,14)(H,16,17). The summed E-state index contributed by atoms with van der Waals surface area (Å²) < 4.78 is 0.903. The summed E-state index contributed by atoms with van der Waals surface area (Å²) in [6.07, 6.45) is 1.08. The molecule has 0 radical (unpaired) electrons. The van der Waals surface area contributed by atoms with E-state index >= 15 is 0 Å². The third-order valence-corrected chi connectivity index (χ3v) is 4.34. The lowest BCUT2D eigenvalue weighted by Gasteiger charge is -2.06. The number of nitrogens with zero attached hydrogens (tertiary/aromatic N) is 2. The van der Waals surface area contributed by atoms with Crippen LogP contribution in [0.3, 0.4) is 0 Å². The number of halogens is 1. The molecule has 0 saturated heterocycles. The fourth-order valence-corrected chi connectivity index (χ4v) is 2.89. The molecule has 0 saturated carbocycles. The summed E-state index contributed by atoms with van der Waals surface area (Å²) in [6.45, 7) is 0.360. The molecular formula is C11H8BrN3O4S. The Labute approximate surface area is 125 Å². The number of nitrogens with one attached hydrogen (secondary N) is 1. The number of aromatic carboxylic acids is 1. The van der Waals surface area contributed by atoms with Crippen molar-refractivity contribution in [3.8, 4) is 0 Å². The van der Waals surface area contributed by atoms with E-state index in [1.807, 2.05) is 11.4 Å². The number of hydrogen-bond acceptors (Lipinski definition) is 6.